The van der Waals surface area contributed by atoms with Gasteiger partial charge in [-0.25, -0.2) is 4.39 Å². The molecular formula is C11H14F6O3. The molecule has 118 valence electrons. The van der Waals surface area contributed by atoms with Gasteiger partial charge in [0.05, 0.1) is 6.42 Å². The lowest BCUT2D eigenvalue weighted by atomic mass is 9.86. The molecule has 0 aliphatic rings. The Kier molecular flexibility index (Phi) is 5.77. The Morgan fingerprint density at radius 3 is 1.85 bits per heavy atom. The van der Waals surface area contributed by atoms with Crippen molar-refractivity contribution >= 4 is 11.6 Å². The van der Waals surface area contributed by atoms with Crippen molar-refractivity contribution in [2.24, 2.45) is 5.92 Å². The molecule has 0 radical (unpaired) electrons. The van der Waals surface area contributed by atoms with Crippen LogP contribution in [0.25, 0.3) is 0 Å². The van der Waals surface area contributed by atoms with Crippen LogP contribution < -0.4 is 0 Å². The summed E-state index contributed by atoms with van der Waals surface area (Å²) < 4.78 is 74.9. The van der Waals surface area contributed by atoms with Gasteiger partial charge < -0.3 is 5.11 Å². The van der Waals surface area contributed by atoms with Gasteiger partial charge in [0.1, 0.15) is 5.78 Å². The van der Waals surface area contributed by atoms with Crippen LogP contribution >= 0.6 is 0 Å². The van der Waals surface area contributed by atoms with E-state index < -0.39 is 54.7 Å². The van der Waals surface area contributed by atoms with Gasteiger partial charge in [-0.15, -0.1) is 0 Å². The highest BCUT2D eigenvalue weighted by atomic mass is 19.4. The third kappa shape index (κ3) is 4.77. The van der Waals surface area contributed by atoms with Crippen molar-refractivity contribution in [1.82, 2.24) is 0 Å². The predicted octanol–water partition coefficient (Wildman–Crippen LogP) is 2.81. The number of hydrogen-bond acceptors (Lipinski definition) is 3. The monoisotopic (exact) mass is 308 g/mol. The first-order chi connectivity index (χ1) is 8.74. The molecular weight excluding hydrogens is 294 g/mol. The molecule has 0 aliphatic heterocycles. The Labute approximate surface area is 110 Å². The Hall–Kier alpha value is -1.12. The van der Waals surface area contributed by atoms with E-state index in [0.717, 1.165) is 13.8 Å². The molecule has 0 fully saturated rings. The molecule has 2 unspecified atom stereocenters. The van der Waals surface area contributed by atoms with Crippen LogP contribution in [-0.2, 0) is 9.59 Å². The molecule has 9 heteroatoms. The first-order valence-electron chi connectivity index (χ1n) is 5.66. The molecule has 0 heterocycles. The lowest BCUT2D eigenvalue weighted by Crippen LogP contribution is -2.45. The van der Waals surface area contributed by atoms with Gasteiger partial charge in [-0.2, -0.15) is 22.0 Å². The highest BCUT2D eigenvalue weighted by molar-refractivity contribution is 6.02. The molecule has 2 atom stereocenters. The summed E-state index contributed by atoms with van der Waals surface area (Å²) in [5.41, 5.74) is -3.44. The maximum absolute atomic E-state index is 13.8. The van der Waals surface area contributed by atoms with Gasteiger partial charge in [-0.1, -0.05) is 13.8 Å². The molecule has 20 heavy (non-hydrogen) atoms. The number of halogens is 6. The first-order valence-corrected chi connectivity index (χ1v) is 5.66. The van der Waals surface area contributed by atoms with E-state index in [0.29, 0.717) is 0 Å². The van der Waals surface area contributed by atoms with Crippen molar-refractivity contribution in [3.63, 3.8) is 0 Å². The van der Waals surface area contributed by atoms with E-state index in [1.165, 1.54) is 0 Å². The average molecular weight is 308 g/mol. The lowest BCUT2D eigenvalue weighted by Gasteiger charge is -2.30. The van der Waals surface area contributed by atoms with Crippen LogP contribution in [0.5, 0.6) is 0 Å². The SMILES string of the molecule is CCC(F)(CC(C)C(=O)CC(=O)C(F)(F)F)C(O)(F)F. The summed E-state index contributed by atoms with van der Waals surface area (Å²) in [6.07, 6.45) is -13.5. The Morgan fingerprint density at radius 1 is 1.10 bits per heavy atom. The molecule has 0 saturated heterocycles. The zero-order chi connectivity index (χ0) is 16.4. The van der Waals surface area contributed by atoms with Crippen molar-refractivity contribution < 1.29 is 41.0 Å². The second-order valence-corrected chi connectivity index (χ2v) is 4.53. The number of ketones is 2. The highest BCUT2D eigenvalue weighted by Crippen LogP contribution is 2.38. The van der Waals surface area contributed by atoms with E-state index in [-0.39, 0.29) is 0 Å². The van der Waals surface area contributed by atoms with E-state index in [1.54, 1.807) is 0 Å². The molecule has 0 spiro atoms. The van der Waals surface area contributed by atoms with E-state index in [4.69, 9.17) is 5.11 Å². The number of aliphatic hydroxyl groups is 1. The molecule has 0 amide bonds. The van der Waals surface area contributed by atoms with Gasteiger partial charge in [0.2, 0.25) is 11.5 Å². The number of carbonyl (C=O) groups excluding carboxylic acids is 2. The second-order valence-electron chi connectivity index (χ2n) is 4.53. The Balaban J connectivity index is 4.81. The number of rotatable bonds is 7. The fraction of sp³-hybridized carbons (Fsp3) is 0.818. The van der Waals surface area contributed by atoms with Gasteiger partial charge in [-0.05, 0) is 12.8 Å². The van der Waals surface area contributed by atoms with Gasteiger partial charge >= 0.3 is 12.3 Å². The summed E-state index contributed by atoms with van der Waals surface area (Å²) in [5, 5.41) is 8.41. The number of Topliss-reactive ketones (excluding diaryl/α,β-unsaturated/α-hetero) is 2. The van der Waals surface area contributed by atoms with Gasteiger partial charge in [-0.3, -0.25) is 9.59 Å². The van der Waals surface area contributed by atoms with Crippen molar-refractivity contribution in [3.05, 3.63) is 0 Å². The van der Waals surface area contributed by atoms with Crippen molar-refractivity contribution in [2.75, 3.05) is 0 Å². The molecule has 0 saturated carbocycles. The Morgan fingerprint density at radius 2 is 1.55 bits per heavy atom. The van der Waals surface area contributed by atoms with Gasteiger partial charge in [0.15, 0.2) is 0 Å². The largest absolute Gasteiger partial charge is 0.450 e. The van der Waals surface area contributed by atoms with Crippen LogP contribution in [0.4, 0.5) is 26.3 Å². The topological polar surface area (TPSA) is 54.4 Å². The number of hydrogen-bond donors (Lipinski definition) is 1. The molecule has 0 rings (SSSR count). The van der Waals surface area contributed by atoms with Crippen molar-refractivity contribution in [3.8, 4) is 0 Å². The number of carbonyl (C=O) groups is 2. The van der Waals surface area contributed by atoms with Crippen molar-refractivity contribution in [1.29, 1.82) is 0 Å². The second kappa shape index (κ2) is 6.11. The quantitative estimate of drug-likeness (QED) is 0.581. The average Bonchev–Trinajstić information content (AvgIpc) is 2.25. The summed E-state index contributed by atoms with van der Waals surface area (Å²) in [4.78, 5) is 21.9. The van der Waals surface area contributed by atoms with Crippen LogP contribution in [0.1, 0.15) is 33.1 Å². The molecule has 0 aromatic carbocycles. The summed E-state index contributed by atoms with van der Waals surface area (Å²) in [7, 11) is 0. The standard InChI is InChI=1S/C11H14F6O3/c1-3-9(12,11(16,17)20)5-6(2)7(18)4-8(19)10(13,14)15/h6,20H,3-5H2,1-2H3. The minimum atomic E-state index is -5.21. The molecule has 0 aliphatic carbocycles. The summed E-state index contributed by atoms with van der Waals surface area (Å²) >= 11 is 0. The van der Waals surface area contributed by atoms with Crippen molar-refractivity contribution in [2.45, 2.75) is 51.1 Å². The summed E-state index contributed by atoms with van der Waals surface area (Å²) in [5.74, 6) is -5.21. The van der Waals surface area contributed by atoms with Crippen LogP contribution in [0.2, 0.25) is 0 Å². The molecule has 0 bridgehead atoms. The Bertz CT molecular complexity index is 373. The van der Waals surface area contributed by atoms with Crippen LogP contribution in [0.3, 0.4) is 0 Å². The molecule has 0 aromatic rings. The van der Waals surface area contributed by atoms with Crippen LogP contribution in [-0.4, -0.2) is 34.6 Å². The normalized spacial score (nSPS) is 17.4. The fourth-order valence-corrected chi connectivity index (χ4v) is 1.51. The number of alkyl halides is 6. The molecule has 0 aromatic heterocycles. The summed E-state index contributed by atoms with van der Waals surface area (Å²) in [6, 6.07) is 0. The van der Waals surface area contributed by atoms with Crippen LogP contribution in [0.15, 0.2) is 0 Å². The first kappa shape index (κ1) is 18.9. The predicted molar refractivity (Wildman–Crippen MR) is 55.8 cm³/mol. The third-order valence-electron chi connectivity index (χ3n) is 2.93. The van der Waals surface area contributed by atoms with Gasteiger partial charge in [0.25, 0.3) is 0 Å². The van der Waals surface area contributed by atoms with E-state index in [2.05, 4.69) is 0 Å². The third-order valence-corrected chi connectivity index (χ3v) is 2.93. The minimum Gasteiger partial charge on any atom is -0.334 e. The summed E-state index contributed by atoms with van der Waals surface area (Å²) in [6.45, 7) is 1.91. The fourth-order valence-electron chi connectivity index (χ4n) is 1.51. The minimum absolute atomic E-state index is 0.846. The lowest BCUT2D eigenvalue weighted by molar-refractivity contribution is -0.286. The zero-order valence-electron chi connectivity index (χ0n) is 10.7. The van der Waals surface area contributed by atoms with Gasteiger partial charge in [0, 0.05) is 5.92 Å². The van der Waals surface area contributed by atoms with Crippen LogP contribution in [0, 0.1) is 5.92 Å². The maximum Gasteiger partial charge on any atom is 0.450 e. The smallest absolute Gasteiger partial charge is 0.334 e. The highest BCUT2D eigenvalue weighted by Gasteiger charge is 2.53. The molecule has 3 nitrogen and oxygen atoms in total. The molecule has 1 N–H and O–H groups in total. The van der Waals surface area contributed by atoms with E-state index >= 15 is 0 Å². The van der Waals surface area contributed by atoms with E-state index in [1.807, 2.05) is 0 Å². The maximum atomic E-state index is 13.8. The van der Waals surface area contributed by atoms with E-state index in [9.17, 15) is 35.9 Å². The zero-order valence-corrected chi connectivity index (χ0v) is 10.7.